The number of hydrogen-bond donors (Lipinski definition) is 1. The van der Waals surface area contributed by atoms with Crippen LogP contribution in [0.25, 0.3) is 11.0 Å². The molecule has 0 radical (unpaired) electrons. The standard InChI is InChI=1S/C7H2Cl2F3N3/c8-4-3-2(7(10,11)12)1-13-5(3)15-6(9)14-4/h1H,(H,13,14,15). The predicted molar refractivity (Wildman–Crippen MR) is 48.9 cm³/mol. The van der Waals surface area contributed by atoms with Gasteiger partial charge in [0.25, 0.3) is 0 Å². The van der Waals surface area contributed by atoms with Gasteiger partial charge < -0.3 is 4.98 Å². The molecule has 2 rings (SSSR count). The Morgan fingerprint density at radius 3 is 2.47 bits per heavy atom. The van der Waals surface area contributed by atoms with E-state index in [2.05, 4.69) is 15.0 Å². The number of fused-ring (bicyclic) bond motifs is 1. The Hall–Kier alpha value is -1.01. The number of rotatable bonds is 0. The molecule has 0 unspecified atom stereocenters. The van der Waals surface area contributed by atoms with E-state index in [1.807, 2.05) is 0 Å². The summed E-state index contributed by atoms with van der Waals surface area (Å²) in [5, 5.41) is -0.796. The Bertz CT molecular complexity index is 520. The quantitative estimate of drug-likeness (QED) is 0.580. The van der Waals surface area contributed by atoms with Crippen LogP contribution >= 0.6 is 23.2 Å². The average Bonchev–Trinajstić information content (AvgIpc) is 2.45. The molecule has 0 saturated heterocycles. The normalized spacial score (nSPS) is 12.3. The van der Waals surface area contributed by atoms with Crippen LogP contribution in [-0.2, 0) is 6.18 Å². The third-order valence-corrected chi connectivity index (χ3v) is 2.21. The average molecular weight is 256 g/mol. The smallest absolute Gasteiger partial charge is 0.345 e. The molecular formula is C7H2Cl2F3N3. The first-order chi connectivity index (χ1) is 6.89. The van der Waals surface area contributed by atoms with E-state index in [1.54, 1.807) is 0 Å². The molecule has 0 fully saturated rings. The Kier molecular flexibility index (Phi) is 2.27. The molecule has 0 amide bonds. The molecule has 0 aliphatic heterocycles. The number of nitrogens with zero attached hydrogens (tertiary/aromatic N) is 2. The van der Waals surface area contributed by atoms with Gasteiger partial charge in [0, 0.05) is 6.20 Å². The highest BCUT2D eigenvalue weighted by Crippen LogP contribution is 2.37. The number of halogens is 5. The van der Waals surface area contributed by atoms with E-state index in [0.717, 1.165) is 6.20 Å². The van der Waals surface area contributed by atoms with Gasteiger partial charge in [0.2, 0.25) is 5.28 Å². The van der Waals surface area contributed by atoms with Gasteiger partial charge in [-0.05, 0) is 11.6 Å². The summed E-state index contributed by atoms with van der Waals surface area (Å²) in [4.78, 5) is 9.37. The molecule has 80 valence electrons. The second kappa shape index (κ2) is 3.24. The Labute approximate surface area is 91.2 Å². The van der Waals surface area contributed by atoms with Crippen molar-refractivity contribution in [2.24, 2.45) is 0 Å². The monoisotopic (exact) mass is 255 g/mol. The molecule has 0 bridgehead atoms. The molecule has 15 heavy (non-hydrogen) atoms. The second-order valence-corrected chi connectivity index (χ2v) is 3.40. The maximum atomic E-state index is 12.5. The highest BCUT2D eigenvalue weighted by Gasteiger charge is 2.35. The summed E-state index contributed by atoms with van der Waals surface area (Å²) in [6.45, 7) is 0. The van der Waals surface area contributed by atoms with E-state index in [9.17, 15) is 13.2 Å². The van der Waals surface area contributed by atoms with E-state index in [0.29, 0.717) is 0 Å². The number of aromatic amines is 1. The predicted octanol–water partition coefficient (Wildman–Crippen LogP) is 3.28. The summed E-state index contributed by atoms with van der Waals surface area (Å²) in [7, 11) is 0. The molecule has 0 aliphatic rings. The number of hydrogen-bond acceptors (Lipinski definition) is 2. The van der Waals surface area contributed by atoms with E-state index in [1.165, 1.54) is 0 Å². The van der Waals surface area contributed by atoms with Crippen molar-refractivity contribution in [3.8, 4) is 0 Å². The van der Waals surface area contributed by atoms with Crippen molar-refractivity contribution in [3.05, 3.63) is 22.2 Å². The molecular weight excluding hydrogens is 254 g/mol. The van der Waals surface area contributed by atoms with Gasteiger partial charge in [0.15, 0.2) is 0 Å². The number of alkyl halides is 3. The Balaban J connectivity index is 2.81. The minimum absolute atomic E-state index is 0.0349. The summed E-state index contributed by atoms with van der Waals surface area (Å²) in [5.74, 6) is 0. The zero-order chi connectivity index (χ0) is 11.2. The molecule has 2 aromatic rings. The first-order valence-corrected chi connectivity index (χ1v) is 4.42. The van der Waals surface area contributed by atoms with Crippen molar-refractivity contribution in [1.29, 1.82) is 0 Å². The lowest BCUT2D eigenvalue weighted by atomic mass is 10.2. The lowest BCUT2D eigenvalue weighted by Gasteiger charge is -2.04. The number of nitrogens with one attached hydrogen (secondary N) is 1. The van der Waals surface area contributed by atoms with Crippen LogP contribution in [0, 0.1) is 0 Å². The molecule has 0 aliphatic carbocycles. The van der Waals surface area contributed by atoms with Gasteiger partial charge in [-0.25, -0.2) is 4.98 Å². The van der Waals surface area contributed by atoms with Gasteiger partial charge in [-0.15, -0.1) is 0 Å². The fourth-order valence-electron chi connectivity index (χ4n) is 1.19. The topological polar surface area (TPSA) is 41.6 Å². The van der Waals surface area contributed by atoms with Crippen molar-refractivity contribution >= 4 is 34.2 Å². The molecule has 1 N–H and O–H groups in total. The molecule has 0 spiro atoms. The molecule has 0 atom stereocenters. The van der Waals surface area contributed by atoms with Crippen molar-refractivity contribution in [2.45, 2.75) is 6.18 Å². The van der Waals surface area contributed by atoms with E-state index >= 15 is 0 Å². The molecule has 8 heteroatoms. The largest absolute Gasteiger partial charge is 0.418 e. The van der Waals surface area contributed by atoms with Crippen LogP contribution in [0.4, 0.5) is 13.2 Å². The zero-order valence-electron chi connectivity index (χ0n) is 6.86. The van der Waals surface area contributed by atoms with Gasteiger partial charge in [0.1, 0.15) is 10.8 Å². The van der Waals surface area contributed by atoms with Crippen LogP contribution in [0.15, 0.2) is 6.20 Å². The maximum absolute atomic E-state index is 12.5. The van der Waals surface area contributed by atoms with Gasteiger partial charge in [0.05, 0.1) is 10.9 Å². The van der Waals surface area contributed by atoms with Crippen LogP contribution < -0.4 is 0 Å². The van der Waals surface area contributed by atoms with E-state index < -0.39 is 11.7 Å². The van der Waals surface area contributed by atoms with Crippen molar-refractivity contribution < 1.29 is 13.2 Å². The summed E-state index contributed by atoms with van der Waals surface area (Å²) >= 11 is 11.0. The number of aromatic nitrogens is 3. The molecule has 2 heterocycles. The van der Waals surface area contributed by atoms with Gasteiger partial charge in [-0.3, -0.25) is 0 Å². The summed E-state index contributed by atoms with van der Waals surface area (Å²) in [6, 6.07) is 0. The lowest BCUT2D eigenvalue weighted by molar-refractivity contribution is -0.136. The molecule has 0 saturated carbocycles. The SMILES string of the molecule is FC(F)(F)c1c[nH]c2nc(Cl)nc(Cl)c12. The van der Waals surface area contributed by atoms with Gasteiger partial charge in [-0.1, -0.05) is 11.6 Å². The van der Waals surface area contributed by atoms with E-state index in [-0.39, 0.29) is 21.5 Å². The fraction of sp³-hybridized carbons (Fsp3) is 0.143. The van der Waals surface area contributed by atoms with Crippen LogP contribution in [0.3, 0.4) is 0 Å². The Morgan fingerprint density at radius 1 is 1.20 bits per heavy atom. The van der Waals surface area contributed by atoms with Crippen LogP contribution in [-0.4, -0.2) is 15.0 Å². The van der Waals surface area contributed by atoms with Crippen LogP contribution in [0.5, 0.6) is 0 Å². The lowest BCUT2D eigenvalue weighted by Crippen LogP contribution is -2.04. The van der Waals surface area contributed by atoms with Crippen molar-refractivity contribution in [2.75, 3.05) is 0 Å². The minimum Gasteiger partial charge on any atom is -0.345 e. The summed E-state index contributed by atoms with van der Waals surface area (Å²) < 4.78 is 37.4. The summed E-state index contributed by atoms with van der Waals surface area (Å²) in [6.07, 6.45) is -3.72. The van der Waals surface area contributed by atoms with Crippen LogP contribution in [0.2, 0.25) is 10.4 Å². The molecule has 3 nitrogen and oxygen atoms in total. The fourth-order valence-corrected chi connectivity index (χ4v) is 1.67. The second-order valence-electron chi connectivity index (χ2n) is 2.71. The van der Waals surface area contributed by atoms with Crippen LogP contribution in [0.1, 0.15) is 5.56 Å². The van der Waals surface area contributed by atoms with Gasteiger partial charge >= 0.3 is 6.18 Å². The van der Waals surface area contributed by atoms with Crippen molar-refractivity contribution in [3.63, 3.8) is 0 Å². The maximum Gasteiger partial charge on any atom is 0.418 e. The third kappa shape index (κ3) is 1.74. The zero-order valence-corrected chi connectivity index (χ0v) is 8.37. The molecule has 2 aromatic heterocycles. The van der Waals surface area contributed by atoms with Crippen molar-refractivity contribution in [1.82, 2.24) is 15.0 Å². The summed E-state index contributed by atoms with van der Waals surface area (Å²) in [5.41, 5.74) is -0.938. The minimum atomic E-state index is -4.50. The highest BCUT2D eigenvalue weighted by molar-refractivity contribution is 6.35. The third-order valence-electron chi connectivity index (χ3n) is 1.77. The first kappa shape index (κ1) is 10.5. The van der Waals surface area contributed by atoms with Gasteiger partial charge in [-0.2, -0.15) is 18.2 Å². The Morgan fingerprint density at radius 2 is 1.87 bits per heavy atom. The van der Waals surface area contributed by atoms with E-state index in [4.69, 9.17) is 23.2 Å². The first-order valence-electron chi connectivity index (χ1n) is 3.67. The highest BCUT2D eigenvalue weighted by atomic mass is 35.5. The number of H-pyrrole nitrogens is 1. The molecule has 0 aromatic carbocycles.